The number of ether oxygens (including phenoxy) is 5. The lowest BCUT2D eigenvalue weighted by atomic mass is 9.80. The Hall–Kier alpha value is -5.20. The number of carboxylic acid groups (broad SMARTS) is 1. The van der Waals surface area contributed by atoms with Crippen LogP contribution in [0.2, 0.25) is 0 Å². The molecule has 0 radical (unpaired) electrons. The number of aryl methyl sites for hydroxylation is 1. The largest absolute Gasteiger partial charge is 0.497 e. The Kier molecular flexibility index (Phi) is 10.2. The molecule has 3 atom stereocenters. The molecule has 0 amide bonds. The number of carbonyl (C=O) groups excluding carboxylic acids is 1. The van der Waals surface area contributed by atoms with Gasteiger partial charge in [0, 0.05) is 18.2 Å². The number of hydrogen-bond acceptors (Lipinski definition) is 9. The highest BCUT2D eigenvalue weighted by Gasteiger charge is 2.44. The molecule has 3 aromatic carbocycles. The molecule has 1 aromatic heterocycles. The van der Waals surface area contributed by atoms with E-state index in [1.807, 2.05) is 78.9 Å². The summed E-state index contributed by atoms with van der Waals surface area (Å²) in [7, 11) is 3.17. The maximum atomic E-state index is 12.8. The average Bonchev–Trinajstić information content (AvgIpc) is 3.48. The zero-order chi connectivity index (χ0) is 33.6. The zero-order valence-electron chi connectivity index (χ0n) is 26.2. The van der Waals surface area contributed by atoms with Gasteiger partial charge in [0.05, 0.1) is 33.7 Å². The predicted octanol–water partition coefficient (Wildman–Crippen LogP) is 3.94. The van der Waals surface area contributed by atoms with Crippen LogP contribution in [0.4, 0.5) is 0 Å². The molecular formula is C35H36N2O10. The molecule has 4 aromatic rings. The molecule has 2 heterocycles. The summed E-state index contributed by atoms with van der Waals surface area (Å²) in [6, 6.07) is 24.5. The maximum absolute atomic E-state index is 12.8. The number of hydrogen-bond donors (Lipinski definition) is 2. The minimum atomic E-state index is -1.20. The molecule has 0 spiro atoms. The van der Waals surface area contributed by atoms with Crippen LogP contribution in [0.1, 0.15) is 47.7 Å². The molecule has 12 heteroatoms. The van der Waals surface area contributed by atoms with Crippen molar-refractivity contribution in [2.45, 2.75) is 50.2 Å². The van der Waals surface area contributed by atoms with Crippen LogP contribution < -0.4 is 20.7 Å². The molecule has 246 valence electrons. The summed E-state index contributed by atoms with van der Waals surface area (Å²) in [4.78, 5) is 50.9. The third-order valence-corrected chi connectivity index (χ3v) is 8.10. The first kappa shape index (κ1) is 33.2. The molecule has 2 N–H and O–H groups in total. The van der Waals surface area contributed by atoms with Crippen molar-refractivity contribution >= 4 is 11.9 Å². The van der Waals surface area contributed by atoms with Gasteiger partial charge in [-0.1, -0.05) is 54.6 Å². The third-order valence-electron chi connectivity index (χ3n) is 8.10. The highest BCUT2D eigenvalue weighted by Crippen LogP contribution is 2.43. The van der Waals surface area contributed by atoms with Crippen molar-refractivity contribution in [2.24, 2.45) is 0 Å². The van der Waals surface area contributed by atoms with E-state index in [4.69, 9.17) is 28.8 Å². The number of H-pyrrole nitrogens is 1. The number of nitrogens with zero attached hydrogens (tertiary/aromatic N) is 1. The lowest BCUT2D eigenvalue weighted by molar-refractivity contribution is -0.157. The molecule has 1 fully saturated rings. The van der Waals surface area contributed by atoms with Crippen LogP contribution in [0.3, 0.4) is 0 Å². The predicted molar refractivity (Wildman–Crippen MR) is 170 cm³/mol. The second-order valence-corrected chi connectivity index (χ2v) is 11.1. The van der Waals surface area contributed by atoms with Gasteiger partial charge >= 0.3 is 17.6 Å². The fourth-order valence-corrected chi connectivity index (χ4v) is 5.66. The number of carbonyl (C=O) groups is 2. The Balaban J connectivity index is 1.56. The number of carboxylic acids is 1. The van der Waals surface area contributed by atoms with Crippen molar-refractivity contribution in [1.29, 1.82) is 0 Å². The van der Waals surface area contributed by atoms with E-state index in [0.29, 0.717) is 17.1 Å². The Morgan fingerprint density at radius 3 is 2.02 bits per heavy atom. The first-order valence-corrected chi connectivity index (χ1v) is 15.0. The fraction of sp³-hybridized carbons (Fsp3) is 0.314. The van der Waals surface area contributed by atoms with Crippen LogP contribution in [0.15, 0.2) is 94.6 Å². The molecule has 5 rings (SSSR count). The molecule has 0 aliphatic carbocycles. The molecular weight excluding hydrogens is 608 g/mol. The van der Waals surface area contributed by atoms with Gasteiger partial charge in [0.15, 0.2) is 0 Å². The maximum Gasteiger partial charge on any atom is 0.330 e. The second kappa shape index (κ2) is 14.5. The topological polar surface area (TPSA) is 155 Å². The van der Waals surface area contributed by atoms with Crippen molar-refractivity contribution < 1.29 is 38.4 Å². The van der Waals surface area contributed by atoms with Gasteiger partial charge in [-0.3, -0.25) is 23.9 Å². The summed E-state index contributed by atoms with van der Waals surface area (Å²) in [5, 5.41) is 9.07. The standard InChI is InChI=1S/C35H36N2O10/c1-22-20-37(34(42)36-33(22)41)30-19-28(47-32(40)18-17-31(38)39)29(46-30)21-45-35(23-7-5-4-6-8-23,24-9-13-26(43-2)14-10-24)25-11-15-27(44-3)16-12-25/h4-16,20,28-30H,17-19,21H2,1-3H3,(H,38,39)(H,36,41,42)/t28-,29-,30-/m0/s1. The highest BCUT2D eigenvalue weighted by molar-refractivity contribution is 5.76. The Labute approximate surface area is 270 Å². The van der Waals surface area contributed by atoms with Crippen LogP contribution in [-0.4, -0.2) is 59.6 Å². The van der Waals surface area contributed by atoms with Crippen molar-refractivity contribution in [2.75, 3.05) is 20.8 Å². The Morgan fingerprint density at radius 2 is 1.47 bits per heavy atom. The number of methoxy groups -OCH3 is 2. The summed E-state index contributed by atoms with van der Waals surface area (Å²) < 4.78 is 31.1. The van der Waals surface area contributed by atoms with Gasteiger partial charge in [-0.05, 0) is 47.9 Å². The molecule has 47 heavy (non-hydrogen) atoms. The van der Waals surface area contributed by atoms with Gasteiger partial charge < -0.3 is 28.8 Å². The number of benzene rings is 3. The average molecular weight is 645 g/mol. The summed E-state index contributed by atoms with van der Waals surface area (Å²) in [6.07, 6.45) is -1.98. The van der Waals surface area contributed by atoms with Crippen molar-refractivity contribution in [3.05, 3.63) is 128 Å². The van der Waals surface area contributed by atoms with Crippen LogP contribution >= 0.6 is 0 Å². The first-order chi connectivity index (χ1) is 22.6. The van der Waals surface area contributed by atoms with E-state index >= 15 is 0 Å². The summed E-state index contributed by atoms with van der Waals surface area (Å²) in [5.41, 5.74) is 0.228. The van der Waals surface area contributed by atoms with Gasteiger partial charge in [0.2, 0.25) is 0 Å². The second-order valence-electron chi connectivity index (χ2n) is 11.1. The van der Waals surface area contributed by atoms with E-state index in [1.54, 1.807) is 21.1 Å². The number of nitrogens with one attached hydrogen (secondary N) is 1. The monoisotopic (exact) mass is 644 g/mol. The number of aromatic nitrogens is 2. The van der Waals surface area contributed by atoms with Gasteiger partial charge in [-0.2, -0.15) is 0 Å². The zero-order valence-corrected chi connectivity index (χ0v) is 26.2. The van der Waals surface area contributed by atoms with Crippen LogP contribution in [0.25, 0.3) is 0 Å². The van der Waals surface area contributed by atoms with E-state index < -0.39 is 53.6 Å². The summed E-state index contributed by atoms with van der Waals surface area (Å²) in [6.45, 7) is 1.45. The van der Waals surface area contributed by atoms with E-state index in [0.717, 1.165) is 16.7 Å². The third kappa shape index (κ3) is 7.29. The van der Waals surface area contributed by atoms with Crippen molar-refractivity contribution in [3.8, 4) is 11.5 Å². The normalized spacial score (nSPS) is 17.6. The molecule has 1 aliphatic rings. The number of rotatable bonds is 13. The quantitative estimate of drug-likeness (QED) is 0.162. The van der Waals surface area contributed by atoms with Gasteiger partial charge in [0.1, 0.15) is 35.5 Å². The molecule has 0 bridgehead atoms. The molecule has 1 aliphatic heterocycles. The lowest BCUT2D eigenvalue weighted by Crippen LogP contribution is -2.39. The smallest absolute Gasteiger partial charge is 0.330 e. The molecule has 12 nitrogen and oxygen atoms in total. The van der Waals surface area contributed by atoms with E-state index in [9.17, 15) is 19.2 Å². The van der Waals surface area contributed by atoms with Crippen molar-refractivity contribution in [1.82, 2.24) is 9.55 Å². The Bertz CT molecular complexity index is 1750. The van der Waals surface area contributed by atoms with Crippen LogP contribution in [0.5, 0.6) is 11.5 Å². The number of aromatic amines is 1. The number of esters is 1. The molecule has 1 saturated heterocycles. The van der Waals surface area contributed by atoms with E-state index in [-0.39, 0.29) is 19.4 Å². The van der Waals surface area contributed by atoms with Gasteiger partial charge in [-0.15, -0.1) is 0 Å². The number of aliphatic carboxylic acids is 1. The first-order valence-electron chi connectivity index (χ1n) is 15.0. The van der Waals surface area contributed by atoms with Crippen molar-refractivity contribution in [3.63, 3.8) is 0 Å². The Morgan fingerprint density at radius 1 is 0.894 bits per heavy atom. The summed E-state index contributed by atoms with van der Waals surface area (Å²) in [5.74, 6) is -0.551. The van der Waals surface area contributed by atoms with E-state index in [1.165, 1.54) is 10.8 Å². The lowest BCUT2D eigenvalue weighted by Gasteiger charge is -2.37. The van der Waals surface area contributed by atoms with Crippen LogP contribution in [0, 0.1) is 6.92 Å². The summed E-state index contributed by atoms with van der Waals surface area (Å²) >= 11 is 0. The SMILES string of the molecule is COc1ccc(C(OC[C@@H]2O[C@H](n3cc(C)c(=O)[nH]c3=O)C[C@@H]2OC(=O)CCC(=O)O)(c2ccccc2)c2ccc(OC)cc2)cc1. The van der Waals surface area contributed by atoms with E-state index in [2.05, 4.69) is 4.98 Å². The van der Waals surface area contributed by atoms with Gasteiger partial charge in [0.25, 0.3) is 5.56 Å². The van der Waals surface area contributed by atoms with Gasteiger partial charge in [-0.25, -0.2) is 4.79 Å². The minimum Gasteiger partial charge on any atom is -0.497 e. The fourth-order valence-electron chi connectivity index (χ4n) is 5.66. The van der Waals surface area contributed by atoms with Crippen LogP contribution in [-0.2, 0) is 29.4 Å². The minimum absolute atomic E-state index is 0.0572. The molecule has 0 saturated carbocycles. The highest BCUT2D eigenvalue weighted by atomic mass is 16.6. The molecule has 0 unspecified atom stereocenters.